The molecule has 0 saturated carbocycles. The van der Waals surface area contributed by atoms with Gasteiger partial charge in [-0.1, -0.05) is 0 Å². The van der Waals surface area contributed by atoms with Crippen molar-refractivity contribution >= 4 is 23.4 Å². The van der Waals surface area contributed by atoms with Crippen LogP contribution in [0.15, 0.2) is 47.5 Å². The molecule has 2 heterocycles. The van der Waals surface area contributed by atoms with Crippen LogP contribution in [0.25, 0.3) is 0 Å². The van der Waals surface area contributed by atoms with Gasteiger partial charge in [0.05, 0.1) is 6.67 Å². The van der Waals surface area contributed by atoms with E-state index in [1.54, 1.807) is 24.4 Å². The normalized spacial score (nSPS) is 17.8. The molecule has 1 aromatic carbocycles. The van der Waals surface area contributed by atoms with Crippen LogP contribution in [0.1, 0.15) is 43.7 Å². The summed E-state index contributed by atoms with van der Waals surface area (Å²) in [7, 11) is 0. The van der Waals surface area contributed by atoms with Gasteiger partial charge in [-0.3, -0.25) is 4.90 Å². The number of hydrogen-bond acceptors (Lipinski definition) is 6. The number of alkyl halides is 3. The summed E-state index contributed by atoms with van der Waals surface area (Å²) in [5.41, 5.74) is -2.78. The number of ether oxygens (including phenoxy) is 1. The Morgan fingerprint density at radius 3 is 2.48 bits per heavy atom. The molecule has 168 valence electrons. The van der Waals surface area contributed by atoms with Crippen LogP contribution in [0.2, 0.25) is 0 Å². The summed E-state index contributed by atoms with van der Waals surface area (Å²) < 4.78 is 43.0. The zero-order valence-corrected chi connectivity index (χ0v) is 18.8. The van der Waals surface area contributed by atoms with E-state index in [9.17, 15) is 18.0 Å². The highest BCUT2D eigenvalue weighted by Crippen LogP contribution is 2.37. The number of carbonyl (C=O) groups excluding carboxylic acids is 1. The van der Waals surface area contributed by atoms with Crippen LogP contribution >= 0.6 is 11.8 Å². The summed E-state index contributed by atoms with van der Waals surface area (Å²) in [6.07, 6.45) is 1.60. The average Bonchev–Trinajstić information content (AvgIpc) is 3.00. The number of halogens is 3. The molecule has 0 aliphatic carbocycles. The molecule has 0 radical (unpaired) electrons. The Morgan fingerprint density at radius 1 is 1.19 bits per heavy atom. The number of thioether (sulfide) groups is 1. The second-order valence-electron chi connectivity index (χ2n) is 8.55. The summed E-state index contributed by atoms with van der Waals surface area (Å²) in [4.78, 5) is 21.0. The molecule has 9 heteroatoms. The summed E-state index contributed by atoms with van der Waals surface area (Å²) in [5, 5.41) is 0. The fourth-order valence-corrected chi connectivity index (χ4v) is 3.89. The third kappa shape index (κ3) is 6.87. The second-order valence-corrected chi connectivity index (χ2v) is 9.69. The molecule has 0 bridgehead atoms. The maximum atomic E-state index is 12.5. The van der Waals surface area contributed by atoms with Crippen molar-refractivity contribution in [2.75, 3.05) is 18.1 Å². The Morgan fingerprint density at radius 2 is 1.87 bits per heavy atom. The van der Waals surface area contributed by atoms with Crippen LogP contribution in [-0.2, 0) is 11.3 Å². The molecule has 0 N–H and O–H groups in total. The molecule has 1 atom stereocenters. The SMILES string of the molecule is CC1CN(c2ccc(SC(F)(F)F)cc2)CN1Cc1ccnc(C(=O)OC(C)(C)C)c1. The molecular formula is C22H26F3N3O2S. The van der Waals surface area contributed by atoms with E-state index < -0.39 is 17.1 Å². The zero-order chi connectivity index (χ0) is 22.8. The van der Waals surface area contributed by atoms with Crippen molar-refractivity contribution in [1.29, 1.82) is 0 Å². The van der Waals surface area contributed by atoms with E-state index in [1.165, 1.54) is 12.1 Å². The van der Waals surface area contributed by atoms with Crippen LogP contribution < -0.4 is 4.90 Å². The van der Waals surface area contributed by atoms with Gasteiger partial charge in [0.2, 0.25) is 0 Å². The molecule has 1 aliphatic rings. The monoisotopic (exact) mass is 453 g/mol. The summed E-state index contributed by atoms with van der Waals surface area (Å²) in [6, 6.07) is 10.3. The molecule has 1 aromatic heterocycles. The first-order valence-electron chi connectivity index (χ1n) is 9.93. The molecule has 0 spiro atoms. The number of aromatic nitrogens is 1. The van der Waals surface area contributed by atoms with E-state index in [0.29, 0.717) is 13.2 Å². The van der Waals surface area contributed by atoms with Gasteiger partial charge < -0.3 is 9.64 Å². The Labute approximate surface area is 184 Å². The highest BCUT2D eigenvalue weighted by atomic mass is 32.2. The van der Waals surface area contributed by atoms with Gasteiger partial charge in [0.15, 0.2) is 0 Å². The van der Waals surface area contributed by atoms with Gasteiger partial charge in [-0.25, -0.2) is 9.78 Å². The highest BCUT2D eigenvalue weighted by molar-refractivity contribution is 8.00. The lowest BCUT2D eigenvalue weighted by atomic mass is 10.1. The van der Waals surface area contributed by atoms with Crippen molar-refractivity contribution in [3.8, 4) is 0 Å². The number of benzene rings is 1. The molecule has 1 aliphatic heterocycles. The molecular weight excluding hydrogens is 427 g/mol. The summed E-state index contributed by atoms with van der Waals surface area (Å²) in [5.74, 6) is -0.456. The largest absolute Gasteiger partial charge is 0.455 e. The molecule has 2 aromatic rings. The lowest BCUT2D eigenvalue weighted by Gasteiger charge is -2.22. The first kappa shape index (κ1) is 23.4. The van der Waals surface area contributed by atoms with E-state index in [0.717, 1.165) is 17.8 Å². The number of anilines is 1. The van der Waals surface area contributed by atoms with Gasteiger partial charge in [-0.15, -0.1) is 0 Å². The van der Waals surface area contributed by atoms with Gasteiger partial charge in [0, 0.05) is 35.9 Å². The topological polar surface area (TPSA) is 45.7 Å². The Bertz CT molecular complexity index is 913. The number of esters is 1. The van der Waals surface area contributed by atoms with E-state index in [2.05, 4.69) is 21.7 Å². The number of nitrogens with zero attached hydrogens (tertiary/aromatic N) is 3. The van der Waals surface area contributed by atoms with Crippen molar-refractivity contribution in [3.63, 3.8) is 0 Å². The predicted octanol–water partition coefficient (Wildman–Crippen LogP) is 5.32. The van der Waals surface area contributed by atoms with Crippen LogP contribution in [0.3, 0.4) is 0 Å². The standard InChI is InChI=1S/C22H26F3N3O2S/c1-15-12-28(17-5-7-18(8-6-17)31-22(23,24)25)14-27(15)13-16-9-10-26-19(11-16)20(29)30-21(2,3)4/h5-11,15H,12-14H2,1-4H3. The quantitative estimate of drug-likeness (QED) is 0.451. The van der Waals surface area contributed by atoms with Gasteiger partial charge in [-0.2, -0.15) is 13.2 Å². The number of hydrogen-bond donors (Lipinski definition) is 0. The third-order valence-electron chi connectivity index (χ3n) is 4.71. The van der Waals surface area contributed by atoms with E-state index >= 15 is 0 Å². The second kappa shape index (κ2) is 9.08. The Balaban J connectivity index is 1.64. The molecule has 1 unspecified atom stereocenters. The Hall–Kier alpha value is -2.26. The fraction of sp³-hybridized carbons (Fsp3) is 0.455. The minimum atomic E-state index is -4.29. The van der Waals surface area contributed by atoms with Crippen molar-refractivity contribution in [2.24, 2.45) is 0 Å². The maximum absolute atomic E-state index is 12.5. The average molecular weight is 454 g/mol. The molecule has 1 saturated heterocycles. The molecule has 31 heavy (non-hydrogen) atoms. The summed E-state index contributed by atoms with van der Waals surface area (Å²) >= 11 is -0.111. The van der Waals surface area contributed by atoms with E-state index in [4.69, 9.17) is 4.74 Å². The van der Waals surface area contributed by atoms with E-state index in [1.807, 2.05) is 26.8 Å². The van der Waals surface area contributed by atoms with Crippen LogP contribution in [-0.4, -0.2) is 46.2 Å². The fourth-order valence-electron chi connectivity index (χ4n) is 3.35. The number of carbonyl (C=O) groups is 1. The highest BCUT2D eigenvalue weighted by Gasteiger charge is 2.30. The molecule has 5 nitrogen and oxygen atoms in total. The molecule has 0 amide bonds. The van der Waals surface area contributed by atoms with Crippen LogP contribution in [0.4, 0.5) is 18.9 Å². The molecule has 3 rings (SSSR count). The predicted molar refractivity (Wildman–Crippen MR) is 115 cm³/mol. The first-order chi connectivity index (χ1) is 14.4. The summed E-state index contributed by atoms with van der Waals surface area (Å²) in [6.45, 7) is 9.55. The van der Waals surface area contributed by atoms with E-state index in [-0.39, 0.29) is 28.4 Å². The minimum absolute atomic E-state index is 0.111. The number of pyridine rings is 1. The van der Waals surface area contributed by atoms with Crippen molar-refractivity contribution in [1.82, 2.24) is 9.88 Å². The Kier molecular flexibility index (Phi) is 6.85. The number of rotatable bonds is 5. The van der Waals surface area contributed by atoms with Gasteiger partial charge in [0.1, 0.15) is 11.3 Å². The smallest absolute Gasteiger partial charge is 0.446 e. The van der Waals surface area contributed by atoms with Gasteiger partial charge >= 0.3 is 11.5 Å². The van der Waals surface area contributed by atoms with Crippen molar-refractivity contribution in [2.45, 2.75) is 56.3 Å². The van der Waals surface area contributed by atoms with Crippen molar-refractivity contribution in [3.05, 3.63) is 53.9 Å². The van der Waals surface area contributed by atoms with Gasteiger partial charge in [-0.05, 0) is 81.4 Å². The van der Waals surface area contributed by atoms with Gasteiger partial charge in [0.25, 0.3) is 0 Å². The zero-order valence-electron chi connectivity index (χ0n) is 17.9. The lowest BCUT2D eigenvalue weighted by molar-refractivity contribution is -0.0328. The molecule has 1 fully saturated rings. The van der Waals surface area contributed by atoms with Crippen LogP contribution in [0, 0.1) is 0 Å². The lowest BCUT2D eigenvalue weighted by Crippen LogP contribution is -2.28. The third-order valence-corrected chi connectivity index (χ3v) is 5.45. The van der Waals surface area contributed by atoms with Crippen molar-refractivity contribution < 1.29 is 22.7 Å². The minimum Gasteiger partial charge on any atom is -0.455 e. The first-order valence-corrected chi connectivity index (χ1v) is 10.7. The van der Waals surface area contributed by atoms with Crippen LogP contribution in [0.5, 0.6) is 0 Å². The maximum Gasteiger partial charge on any atom is 0.446 e.